The van der Waals surface area contributed by atoms with Crippen molar-refractivity contribution in [3.05, 3.63) is 52.2 Å². The molecule has 1 aliphatic heterocycles. The van der Waals surface area contributed by atoms with Crippen LogP contribution in [0.2, 0.25) is 5.28 Å². The molecule has 2 aromatic rings. The van der Waals surface area contributed by atoms with Crippen molar-refractivity contribution >= 4 is 17.4 Å². The van der Waals surface area contributed by atoms with Crippen molar-refractivity contribution in [2.75, 3.05) is 26.0 Å². The highest BCUT2D eigenvalue weighted by atomic mass is 35.5. The van der Waals surface area contributed by atoms with Crippen LogP contribution in [0.25, 0.3) is 0 Å². The molecule has 0 fully saturated rings. The van der Waals surface area contributed by atoms with Crippen molar-refractivity contribution in [1.29, 1.82) is 0 Å². The first-order valence-corrected chi connectivity index (χ1v) is 7.14. The Morgan fingerprint density at radius 2 is 2.00 bits per heavy atom. The monoisotopic (exact) mass is 306 g/mol. The van der Waals surface area contributed by atoms with Crippen LogP contribution in [-0.2, 0) is 6.54 Å². The van der Waals surface area contributed by atoms with E-state index >= 15 is 0 Å². The number of halogens is 2. The number of benzene rings is 1. The highest BCUT2D eigenvalue weighted by molar-refractivity contribution is 6.28. The van der Waals surface area contributed by atoms with E-state index in [1.165, 1.54) is 12.1 Å². The van der Waals surface area contributed by atoms with Gasteiger partial charge < -0.3 is 10.2 Å². The minimum absolute atomic E-state index is 0.0620. The Balaban J connectivity index is 2.12. The van der Waals surface area contributed by atoms with Crippen LogP contribution < -0.4 is 5.32 Å². The van der Waals surface area contributed by atoms with Gasteiger partial charge in [0.1, 0.15) is 11.6 Å². The second-order valence-electron chi connectivity index (χ2n) is 5.26. The van der Waals surface area contributed by atoms with Crippen LogP contribution in [0.1, 0.15) is 22.7 Å². The topological polar surface area (TPSA) is 41.1 Å². The van der Waals surface area contributed by atoms with Gasteiger partial charge in [-0.25, -0.2) is 14.4 Å². The van der Waals surface area contributed by atoms with Gasteiger partial charge in [0.25, 0.3) is 0 Å². The average molecular weight is 307 g/mol. The van der Waals surface area contributed by atoms with E-state index < -0.39 is 0 Å². The lowest BCUT2D eigenvalue weighted by atomic mass is 9.89. The van der Waals surface area contributed by atoms with Crippen molar-refractivity contribution < 1.29 is 4.39 Å². The second kappa shape index (κ2) is 5.58. The van der Waals surface area contributed by atoms with Crippen LogP contribution in [0, 0.1) is 5.82 Å². The van der Waals surface area contributed by atoms with Crippen molar-refractivity contribution in [2.45, 2.75) is 12.5 Å². The zero-order valence-electron chi connectivity index (χ0n) is 11.9. The van der Waals surface area contributed by atoms with Gasteiger partial charge in [-0.1, -0.05) is 12.1 Å². The van der Waals surface area contributed by atoms with Crippen LogP contribution in [0.3, 0.4) is 0 Å². The van der Waals surface area contributed by atoms with Gasteiger partial charge in [-0.2, -0.15) is 0 Å². The molecular formula is C15H16ClFN4. The number of aromatic nitrogens is 2. The Hall–Kier alpha value is -1.72. The number of hydrogen-bond acceptors (Lipinski definition) is 4. The third-order valence-electron chi connectivity index (χ3n) is 3.77. The lowest BCUT2D eigenvalue weighted by Crippen LogP contribution is -2.32. The van der Waals surface area contributed by atoms with Crippen molar-refractivity contribution in [3.63, 3.8) is 0 Å². The number of fused-ring (bicyclic) bond motifs is 1. The van der Waals surface area contributed by atoms with Gasteiger partial charge in [0.15, 0.2) is 0 Å². The maximum Gasteiger partial charge on any atom is 0.224 e. The summed E-state index contributed by atoms with van der Waals surface area (Å²) in [5.74, 6) is 0.579. The molecule has 0 spiro atoms. The van der Waals surface area contributed by atoms with Crippen LogP contribution in [0.15, 0.2) is 24.3 Å². The van der Waals surface area contributed by atoms with E-state index in [-0.39, 0.29) is 17.0 Å². The standard InChI is InChI=1S/C15H16ClFN4/c1-18-14-12-8-21(2)7-11(13(12)19-15(16)20-14)9-3-5-10(17)6-4-9/h3-6,11H,7-8H2,1-2H3,(H,18,19,20). The van der Waals surface area contributed by atoms with Crippen LogP contribution >= 0.6 is 11.6 Å². The number of nitrogens with one attached hydrogen (secondary N) is 1. The van der Waals surface area contributed by atoms with E-state index in [4.69, 9.17) is 11.6 Å². The largest absolute Gasteiger partial charge is 0.373 e. The normalized spacial score (nSPS) is 18.4. The summed E-state index contributed by atoms with van der Waals surface area (Å²) in [6.45, 7) is 1.58. The van der Waals surface area contributed by atoms with Crippen molar-refractivity contribution in [2.24, 2.45) is 0 Å². The first-order chi connectivity index (χ1) is 10.1. The van der Waals surface area contributed by atoms with Crippen LogP contribution in [0.5, 0.6) is 0 Å². The van der Waals surface area contributed by atoms with E-state index in [9.17, 15) is 4.39 Å². The number of likely N-dealkylation sites (N-methyl/N-ethyl adjacent to an activating group) is 1. The van der Waals surface area contributed by atoms with E-state index in [1.54, 1.807) is 12.1 Å². The molecule has 0 bridgehead atoms. The van der Waals surface area contributed by atoms with E-state index in [1.807, 2.05) is 14.1 Å². The molecule has 4 nitrogen and oxygen atoms in total. The van der Waals surface area contributed by atoms with Crippen LogP contribution in [0.4, 0.5) is 10.2 Å². The predicted octanol–water partition coefficient (Wildman–Crippen LogP) is 2.89. The number of anilines is 1. The molecule has 0 amide bonds. The summed E-state index contributed by atoms with van der Waals surface area (Å²) < 4.78 is 13.1. The maximum absolute atomic E-state index is 13.1. The molecule has 0 radical (unpaired) electrons. The smallest absolute Gasteiger partial charge is 0.224 e. The van der Waals surface area contributed by atoms with Gasteiger partial charge in [0.05, 0.1) is 5.69 Å². The number of rotatable bonds is 2. The molecule has 1 N–H and O–H groups in total. The Morgan fingerprint density at radius 1 is 1.29 bits per heavy atom. The number of hydrogen-bond donors (Lipinski definition) is 1. The maximum atomic E-state index is 13.1. The number of nitrogens with zero attached hydrogens (tertiary/aromatic N) is 3. The molecule has 1 atom stereocenters. The summed E-state index contributed by atoms with van der Waals surface area (Å²) in [6.07, 6.45) is 0. The Morgan fingerprint density at radius 3 is 2.67 bits per heavy atom. The summed E-state index contributed by atoms with van der Waals surface area (Å²) >= 11 is 6.04. The minimum Gasteiger partial charge on any atom is -0.373 e. The fraction of sp³-hybridized carbons (Fsp3) is 0.333. The predicted molar refractivity (Wildman–Crippen MR) is 81.2 cm³/mol. The molecule has 1 aliphatic rings. The molecular weight excluding hydrogens is 291 g/mol. The summed E-state index contributed by atoms with van der Waals surface area (Å²) in [5, 5.41) is 3.31. The Kier molecular flexibility index (Phi) is 3.78. The molecule has 1 aromatic carbocycles. The van der Waals surface area contributed by atoms with E-state index in [0.29, 0.717) is 0 Å². The van der Waals surface area contributed by atoms with Gasteiger partial charge in [-0.05, 0) is 36.3 Å². The molecule has 21 heavy (non-hydrogen) atoms. The lowest BCUT2D eigenvalue weighted by molar-refractivity contribution is 0.291. The third kappa shape index (κ3) is 2.71. The SMILES string of the molecule is CNc1nc(Cl)nc2c1CN(C)CC2c1ccc(F)cc1. The molecule has 0 saturated carbocycles. The van der Waals surface area contributed by atoms with Gasteiger partial charge in [-0.15, -0.1) is 0 Å². The summed E-state index contributed by atoms with van der Waals surface area (Å²) in [6, 6.07) is 6.56. The molecule has 0 aliphatic carbocycles. The third-order valence-corrected chi connectivity index (χ3v) is 3.94. The van der Waals surface area contributed by atoms with Gasteiger partial charge in [0.2, 0.25) is 5.28 Å². The molecule has 1 unspecified atom stereocenters. The van der Waals surface area contributed by atoms with Crippen molar-refractivity contribution in [1.82, 2.24) is 14.9 Å². The molecule has 3 rings (SSSR count). The highest BCUT2D eigenvalue weighted by Gasteiger charge is 2.29. The first-order valence-electron chi connectivity index (χ1n) is 6.76. The zero-order chi connectivity index (χ0) is 15.0. The van der Waals surface area contributed by atoms with Gasteiger partial charge in [-0.3, -0.25) is 0 Å². The van der Waals surface area contributed by atoms with Gasteiger partial charge in [0, 0.05) is 31.6 Å². The van der Waals surface area contributed by atoms with Gasteiger partial charge >= 0.3 is 0 Å². The molecule has 0 saturated heterocycles. The van der Waals surface area contributed by atoms with E-state index in [0.717, 1.165) is 35.7 Å². The fourth-order valence-corrected chi connectivity index (χ4v) is 2.99. The highest BCUT2D eigenvalue weighted by Crippen LogP contribution is 2.35. The average Bonchev–Trinajstić information content (AvgIpc) is 2.47. The summed E-state index contributed by atoms with van der Waals surface area (Å²) in [7, 11) is 3.87. The molecule has 6 heteroatoms. The first kappa shape index (κ1) is 14.2. The Bertz CT molecular complexity index is 659. The van der Waals surface area contributed by atoms with E-state index in [2.05, 4.69) is 20.2 Å². The van der Waals surface area contributed by atoms with Crippen molar-refractivity contribution in [3.8, 4) is 0 Å². The second-order valence-corrected chi connectivity index (χ2v) is 5.59. The minimum atomic E-state index is -0.236. The Labute approximate surface area is 128 Å². The summed E-state index contributed by atoms with van der Waals surface area (Å²) in [5.41, 5.74) is 3.00. The molecule has 1 aromatic heterocycles. The summed E-state index contributed by atoms with van der Waals surface area (Å²) in [4.78, 5) is 10.9. The lowest BCUT2D eigenvalue weighted by Gasteiger charge is -2.32. The zero-order valence-corrected chi connectivity index (χ0v) is 12.7. The van der Waals surface area contributed by atoms with Crippen LogP contribution in [-0.4, -0.2) is 35.5 Å². The molecule has 2 heterocycles. The quantitative estimate of drug-likeness (QED) is 0.866. The molecule has 110 valence electrons. The fourth-order valence-electron chi connectivity index (χ4n) is 2.81.